The van der Waals surface area contributed by atoms with E-state index in [1.165, 1.54) is 6.07 Å². The number of nitrogens with zero attached hydrogens (tertiary/aromatic N) is 3. The minimum atomic E-state index is -3.50. The number of aromatic nitrogens is 2. The van der Waals surface area contributed by atoms with Gasteiger partial charge in [-0.3, -0.25) is 19.3 Å². The number of sulfonamides is 1. The van der Waals surface area contributed by atoms with Gasteiger partial charge in [0.15, 0.2) is 0 Å². The van der Waals surface area contributed by atoms with Crippen molar-refractivity contribution < 1.29 is 13.2 Å². The highest BCUT2D eigenvalue weighted by Gasteiger charge is 2.30. The molecule has 2 N–H and O–H groups in total. The zero-order chi connectivity index (χ0) is 20.5. The lowest BCUT2D eigenvalue weighted by Crippen LogP contribution is -2.30. The third-order valence-electron chi connectivity index (χ3n) is 4.52. The molecule has 0 saturated carbocycles. The number of para-hydroxylation sites is 1. The summed E-state index contributed by atoms with van der Waals surface area (Å²) in [7, 11) is 0.0781. The van der Waals surface area contributed by atoms with E-state index < -0.39 is 10.0 Å². The van der Waals surface area contributed by atoms with Crippen LogP contribution in [0.1, 0.15) is 28.4 Å². The minimum Gasteiger partial charge on any atom is -0.348 e. The lowest BCUT2D eigenvalue weighted by atomic mass is 10.0. The molecule has 28 heavy (non-hydrogen) atoms. The largest absolute Gasteiger partial charge is 0.348 e. The van der Waals surface area contributed by atoms with E-state index in [0.29, 0.717) is 36.7 Å². The van der Waals surface area contributed by atoms with Crippen LogP contribution in [0, 0.1) is 0 Å². The van der Waals surface area contributed by atoms with Crippen molar-refractivity contribution in [2.24, 2.45) is 0 Å². The predicted octanol–water partition coefficient (Wildman–Crippen LogP) is 0.837. The maximum absolute atomic E-state index is 13.0. The first kappa shape index (κ1) is 19.9. The van der Waals surface area contributed by atoms with Crippen molar-refractivity contribution in [1.82, 2.24) is 14.9 Å². The average molecular weight is 405 g/mol. The molecular formula is C18H23N5O4S. The van der Waals surface area contributed by atoms with Gasteiger partial charge in [-0.25, -0.2) is 13.4 Å². The second-order valence-electron chi connectivity index (χ2n) is 7.04. The fourth-order valence-electron chi connectivity index (χ4n) is 3.20. The van der Waals surface area contributed by atoms with Gasteiger partial charge in [0.2, 0.25) is 16.0 Å². The van der Waals surface area contributed by atoms with Crippen LogP contribution in [0.15, 0.2) is 35.1 Å². The number of rotatable bonds is 5. The maximum Gasteiger partial charge on any atom is 0.256 e. The lowest BCUT2D eigenvalue weighted by Gasteiger charge is -2.19. The number of likely N-dealkylation sites (tertiary alicyclic amines) is 1. The Bertz CT molecular complexity index is 1050. The van der Waals surface area contributed by atoms with Crippen molar-refractivity contribution in [3.05, 3.63) is 51.9 Å². The van der Waals surface area contributed by atoms with Gasteiger partial charge in [0.25, 0.3) is 11.5 Å². The monoisotopic (exact) mass is 405 g/mol. The van der Waals surface area contributed by atoms with Gasteiger partial charge in [-0.1, -0.05) is 12.1 Å². The zero-order valence-corrected chi connectivity index (χ0v) is 16.8. The summed E-state index contributed by atoms with van der Waals surface area (Å²) in [6.45, 7) is 0.915. The number of amides is 1. The van der Waals surface area contributed by atoms with Gasteiger partial charge in [0.05, 0.1) is 23.2 Å². The van der Waals surface area contributed by atoms with Gasteiger partial charge in [0.1, 0.15) is 0 Å². The van der Waals surface area contributed by atoms with Crippen molar-refractivity contribution in [1.29, 1.82) is 0 Å². The molecule has 0 bridgehead atoms. The van der Waals surface area contributed by atoms with Crippen molar-refractivity contribution in [2.45, 2.75) is 12.3 Å². The van der Waals surface area contributed by atoms with Gasteiger partial charge in [-0.2, -0.15) is 0 Å². The number of anilines is 2. The highest BCUT2D eigenvalue weighted by Crippen LogP contribution is 2.28. The Morgan fingerprint density at radius 1 is 1.32 bits per heavy atom. The molecule has 1 aliphatic heterocycles. The second kappa shape index (κ2) is 7.63. The van der Waals surface area contributed by atoms with Gasteiger partial charge in [-0.05, 0) is 18.6 Å². The number of nitrogens with one attached hydrogen (secondary N) is 2. The van der Waals surface area contributed by atoms with Crippen LogP contribution in [-0.4, -0.2) is 62.6 Å². The summed E-state index contributed by atoms with van der Waals surface area (Å²) < 4.78 is 25.5. The third-order valence-corrected chi connectivity index (χ3v) is 5.11. The minimum absolute atomic E-state index is 0.0556. The van der Waals surface area contributed by atoms with Crippen LogP contribution in [-0.2, 0) is 10.0 Å². The molecule has 2 aromatic rings. The summed E-state index contributed by atoms with van der Waals surface area (Å²) >= 11 is 0. The summed E-state index contributed by atoms with van der Waals surface area (Å²) in [4.78, 5) is 35.4. The highest BCUT2D eigenvalue weighted by atomic mass is 32.2. The molecule has 0 spiro atoms. The maximum atomic E-state index is 13.0. The van der Waals surface area contributed by atoms with Crippen LogP contribution in [0.2, 0.25) is 0 Å². The van der Waals surface area contributed by atoms with E-state index in [-0.39, 0.29) is 23.1 Å². The molecule has 2 heterocycles. The normalized spacial score (nSPS) is 16.8. The van der Waals surface area contributed by atoms with Gasteiger partial charge >= 0.3 is 0 Å². The van der Waals surface area contributed by atoms with Gasteiger partial charge in [-0.15, -0.1) is 0 Å². The van der Waals surface area contributed by atoms with Crippen molar-refractivity contribution in [2.75, 3.05) is 43.1 Å². The molecule has 1 aromatic carbocycles. The quantitative estimate of drug-likeness (QED) is 0.762. The smallest absolute Gasteiger partial charge is 0.256 e. The predicted molar refractivity (Wildman–Crippen MR) is 107 cm³/mol. The van der Waals surface area contributed by atoms with Crippen molar-refractivity contribution in [3.63, 3.8) is 0 Å². The number of benzene rings is 1. The molecule has 1 amide bonds. The van der Waals surface area contributed by atoms with Crippen molar-refractivity contribution in [3.8, 4) is 0 Å². The molecule has 150 valence electrons. The molecule has 0 aliphatic carbocycles. The van der Waals surface area contributed by atoms with Crippen LogP contribution in [0.4, 0.5) is 11.6 Å². The first-order chi connectivity index (χ1) is 13.1. The Kier molecular flexibility index (Phi) is 5.41. The number of aromatic amines is 1. The first-order valence-corrected chi connectivity index (χ1v) is 10.7. The molecule has 9 nitrogen and oxygen atoms in total. The molecular weight excluding hydrogens is 382 g/mol. The summed E-state index contributed by atoms with van der Waals surface area (Å²) in [5.41, 5.74) is 0.954. The number of carbonyl (C=O) groups excluding carboxylic acids is 1. The Hall–Kier alpha value is -2.88. The van der Waals surface area contributed by atoms with Crippen LogP contribution in [0.5, 0.6) is 0 Å². The van der Waals surface area contributed by atoms with E-state index >= 15 is 0 Å². The number of hydrogen-bond acceptors (Lipinski definition) is 6. The Morgan fingerprint density at radius 2 is 2.04 bits per heavy atom. The van der Waals surface area contributed by atoms with Gasteiger partial charge in [0, 0.05) is 39.2 Å². The molecule has 3 rings (SSSR count). The number of hydrogen-bond donors (Lipinski definition) is 2. The van der Waals surface area contributed by atoms with Crippen LogP contribution in [0.25, 0.3) is 0 Å². The first-order valence-electron chi connectivity index (χ1n) is 8.79. The highest BCUT2D eigenvalue weighted by molar-refractivity contribution is 7.92. The number of H-pyrrole nitrogens is 1. The Balaban J connectivity index is 1.82. The summed E-state index contributed by atoms with van der Waals surface area (Å²) in [5.74, 6) is 0.155. The lowest BCUT2D eigenvalue weighted by molar-refractivity contribution is 0.0791. The number of carbonyl (C=O) groups is 1. The van der Waals surface area contributed by atoms with E-state index in [1.807, 2.05) is 0 Å². The molecule has 1 aromatic heterocycles. The van der Waals surface area contributed by atoms with Crippen LogP contribution < -0.4 is 15.2 Å². The Morgan fingerprint density at radius 3 is 2.71 bits per heavy atom. The van der Waals surface area contributed by atoms with E-state index in [4.69, 9.17) is 0 Å². The SMILES string of the molecule is CN(C)c1nc([C@@H]2CCN(C(=O)c3ccccc3NS(C)(=O)=O)C2)cc(=O)[nH]1. The molecule has 10 heteroatoms. The summed E-state index contributed by atoms with van der Waals surface area (Å²) in [6, 6.07) is 7.98. The molecule has 0 radical (unpaired) electrons. The van der Waals surface area contributed by atoms with Crippen LogP contribution >= 0.6 is 0 Å². The Labute approximate surface area is 163 Å². The zero-order valence-electron chi connectivity index (χ0n) is 16.0. The van der Waals surface area contributed by atoms with Crippen LogP contribution in [0.3, 0.4) is 0 Å². The fourth-order valence-corrected chi connectivity index (χ4v) is 3.78. The van der Waals surface area contributed by atoms with E-state index in [9.17, 15) is 18.0 Å². The van der Waals surface area contributed by atoms with E-state index in [0.717, 1.165) is 6.26 Å². The molecule has 1 fully saturated rings. The van der Waals surface area contributed by atoms with Crippen molar-refractivity contribution >= 4 is 27.6 Å². The molecule has 0 unspecified atom stereocenters. The summed E-state index contributed by atoms with van der Waals surface area (Å²) in [5, 5.41) is 0. The topological polar surface area (TPSA) is 115 Å². The fraction of sp³-hybridized carbons (Fsp3) is 0.389. The van der Waals surface area contributed by atoms with E-state index in [1.54, 1.807) is 48.2 Å². The molecule has 1 aliphatic rings. The van der Waals surface area contributed by atoms with Gasteiger partial charge < -0.3 is 9.80 Å². The van der Waals surface area contributed by atoms with E-state index in [2.05, 4.69) is 14.7 Å². The summed E-state index contributed by atoms with van der Waals surface area (Å²) in [6.07, 6.45) is 1.72. The standard InChI is InChI=1S/C18H23N5O4S/c1-22(2)18-19-15(10-16(24)20-18)12-8-9-23(11-12)17(25)13-6-4-5-7-14(13)21-28(3,26)27/h4-7,10,12,21H,8-9,11H2,1-3H3,(H,19,20,24)/t12-/m1/s1. The third kappa shape index (κ3) is 4.50. The molecule has 1 atom stereocenters. The molecule has 1 saturated heterocycles. The second-order valence-corrected chi connectivity index (χ2v) is 8.79. The average Bonchev–Trinajstić information content (AvgIpc) is 3.10.